The first-order chi connectivity index (χ1) is 15.5. The molecule has 5 rings (SSSR count). The number of ether oxygens (including phenoxy) is 1. The van der Waals surface area contributed by atoms with Crippen LogP contribution in [-0.4, -0.2) is 40.8 Å². The predicted molar refractivity (Wildman–Crippen MR) is 129 cm³/mol. The summed E-state index contributed by atoms with van der Waals surface area (Å²) in [6.45, 7) is 5.06. The molecule has 1 fully saturated rings. The maximum atomic E-state index is 13.0. The van der Waals surface area contributed by atoms with Crippen LogP contribution >= 0.6 is 23.2 Å². The average Bonchev–Trinajstić information content (AvgIpc) is 3.22. The van der Waals surface area contributed by atoms with Gasteiger partial charge in [-0.2, -0.15) is 0 Å². The van der Waals surface area contributed by atoms with E-state index in [-0.39, 0.29) is 11.6 Å². The smallest absolute Gasteiger partial charge is 0.251 e. The SMILES string of the molecule is CC(c1cc(Cl)cc(Cl)c1)n1ccc(-c2c[nH]c3ncc(N4CCOCC4)cc23)cc1=O. The van der Waals surface area contributed by atoms with Crippen molar-refractivity contribution in [2.24, 2.45) is 0 Å². The van der Waals surface area contributed by atoms with Crippen LogP contribution in [0.25, 0.3) is 22.2 Å². The Morgan fingerprint density at radius 2 is 1.84 bits per heavy atom. The van der Waals surface area contributed by atoms with Gasteiger partial charge < -0.3 is 19.2 Å². The molecular formula is C24H22Cl2N4O2. The zero-order chi connectivity index (χ0) is 22.2. The Balaban J connectivity index is 1.50. The highest BCUT2D eigenvalue weighted by Crippen LogP contribution is 2.31. The number of benzene rings is 1. The minimum atomic E-state index is -0.203. The number of aromatic nitrogens is 3. The quantitative estimate of drug-likeness (QED) is 0.450. The summed E-state index contributed by atoms with van der Waals surface area (Å²) in [5, 5.41) is 2.08. The minimum absolute atomic E-state index is 0.0993. The highest BCUT2D eigenvalue weighted by molar-refractivity contribution is 6.34. The molecule has 1 atom stereocenters. The zero-order valence-electron chi connectivity index (χ0n) is 17.5. The molecule has 1 aliphatic rings. The molecule has 3 aromatic heterocycles. The number of nitrogens with zero attached hydrogens (tertiary/aromatic N) is 3. The summed E-state index contributed by atoms with van der Waals surface area (Å²) in [5.74, 6) is 0. The van der Waals surface area contributed by atoms with Gasteiger partial charge in [0.1, 0.15) is 5.65 Å². The van der Waals surface area contributed by atoms with E-state index in [4.69, 9.17) is 27.9 Å². The molecule has 6 nitrogen and oxygen atoms in total. The zero-order valence-corrected chi connectivity index (χ0v) is 19.0. The van der Waals surface area contributed by atoms with Crippen LogP contribution in [0, 0.1) is 0 Å². The predicted octanol–water partition coefficient (Wildman–Crippen LogP) is 5.14. The number of hydrogen-bond acceptors (Lipinski definition) is 4. The van der Waals surface area contributed by atoms with Crippen molar-refractivity contribution in [3.05, 3.63) is 81.0 Å². The van der Waals surface area contributed by atoms with Crippen molar-refractivity contribution < 1.29 is 4.74 Å². The van der Waals surface area contributed by atoms with Gasteiger partial charge in [0.15, 0.2) is 0 Å². The van der Waals surface area contributed by atoms with Gasteiger partial charge in [0.2, 0.25) is 0 Å². The molecule has 0 saturated carbocycles. The van der Waals surface area contributed by atoms with Crippen LogP contribution in [0.15, 0.2) is 59.8 Å². The Labute approximate surface area is 195 Å². The van der Waals surface area contributed by atoms with Crippen LogP contribution in [0.4, 0.5) is 5.69 Å². The summed E-state index contributed by atoms with van der Waals surface area (Å²) in [6.07, 6.45) is 5.60. The van der Waals surface area contributed by atoms with Gasteiger partial charge in [0.25, 0.3) is 5.56 Å². The standard InChI is InChI=1S/C24H22Cl2N4O2/c1-15(17-8-18(25)11-19(26)9-17)30-3-2-16(10-23(30)31)22-14-28-24-21(22)12-20(13-27-24)29-4-6-32-7-5-29/h2-3,8-15H,4-7H2,1H3,(H,27,28). The van der Waals surface area contributed by atoms with Crippen LogP contribution < -0.4 is 10.5 Å². The molecule has 0 amide bonds. The number of pyridine rings is 2. The number of aromatic amines is 1. The van der Waals surface area contributed by atoms with Crippen molar-refractivity contribution >= 4 is 39.9 Å². The first kappa shape index (κ1) is 21.1. The van der Waals surface area contributed by atoms with Crippen LogP contribution in [0.2, 0.25) is 10.0 Å². The van der Waals surface area contributed by atoms with Crippen molar-refractivity contribution in [2.45, 2.75) is 13.0 Å². The third-order valence-electron chi connectivity index (χ3n) is 5.94. The average molecular weight is 469 g/mol. The molecule has 0 radical (unpaired) electrons. The Hall–Kier alpha value is -2.80. The van der Waals surface area contributed by atoms with Gasteiger partial charge in [0, 0.05) is 52.5 Å². The monoisotopic (exact) mass is 468 g/mol. The third kappa shape index (κ3) is 4.01. The first-order valence-electron chi connectivity index (χ1n) is 10.5. The second-order valence-electron chi connectivity index (χ2n) is 7.93. The number of halogens is 2. The van der Waals surface area contributed by atoms with Gasteiger partial charge in [0.05, 0.1) is 31.1 Å². The van der Waals surface area contributed by atoms with Gasteiger partial charge in [-0.3, -0.25) is 4.79 Å². The van der Waals surface area contributed by atoms with Crippen LogP contribution in [0.1, 0.15) is 18.5 Å². The second-order valence-corrected chi connectivity index (χ2v) is 8.80. The van der Waals surface area contributed by atoms with Crippen LogP contribution in [0.5, 0.6) is 0 Å². The molecule has 4 aromatic rings. The molecule has 4 heterocycles. The molecule has 32 heavy (non-hydrogen) atoms. The highest BCUT2D eigenvalue weighted by atomic mass is 35.5. The van der Waals surface area contributed by atoms with Crippen LogP contribution in [0.3, 0.4) is 0 Å². The molecule has 8 heteroatoms. The summed E-state index contributed by atoms with van der Waals surface area (Å²) in [5.41, 5.74) is 4.42. The maximum absolute atomic E-state index is 13.0. The fourth-order valence-corrected chi connectivity index (χ4v) is 4.72. The first-order valence-corrected chi connectivity index (χ1v) is 11.2. The number of rotatable bonds is 4. The van der Waals surface area contributed by atoms with E-state index < -0.39 is 0 Å². The summed E-state index contributed by atoms with van der Waals surface area (Å²) in [4.78, 5) is 23.1. The topological polar surface area (TPSA) is 63.1 Å². The minimum Gasteiger partial charge on any atom is -0.378 e. The summed E-state index contributed by atoms with van der Waals surface area (Å²) in [6, 6.07) is 10.9. The lowest BCUT2D eigenvalue weighted by Crippen LogP contribution is -2.36. The largest absolute Gasteiger partial charge is 0.378 e. The molecule has 1 N–H and O–H groups in total. The fraction of sp³-hybridized carbons (Fsp3) is 0.250. The van der Waals surface area contributed by atoms with Gasteiger partial charge >= 0.3 is 0 Å². The van der Waals surface area contributed by atoms with E-state index in [0.29, 0.717) is 23.3 Å². The van der Waals surface area contributed by atoms with Crippen molar-refractivity contribution in [3.8, 4) is 11.1 Å². The Morgan fingerprint density at radius 1 is 1.09 bits per heavy atom. The Kier molecular flexibility index (Phi) is 5.67. The number of anilines is 1. The van der Waals surface area contributed by atoms with Crippen LogP contribution in [-0.2, 0) is 4.74 Å². The molecule has 0 spiro atoms. The van der Waals surface area contributed by atoms with Crippen molar-refractivity contribution in [2.75, 3.05) is 31.2 Å². The normalized spacial score (nSPS) is 15.3. The maximum Gasteiger partial charge on any atom is 0.251 e. The van der Waals surface area contributed by atoms with Gasteiger partial charge in [-0.15, -0.1) is 0 Å². The van der Waals surface area contributed by atoms with E-state index in [2.05, 4.69) is 20.9 Å². The fourth-order valence-electron chi connectivity index (χ4n) is 4.18. The molecule has 0 bridgehead atoms. The third-order valence-corrected chi connectivity index (χ3v) is 6.37. The molecule has 1 saturated heterocycles. The number of H-pyrrole nitrogens is 1. The van der Waals surface area contributed by atoms with E-state index in [0.717, 1.165) is 46.5 Å². The number of nitrogens with one attached hydrogen (secondary N) is 1. The highest BCUT2D eigenvalue weighted by Gasteiger charge is 2.16. The van der Waals surface area contributed by atoms with Crippen molar-refractivity contribution in [1.82, 2.24) is 14.5 Å². The lowest BCUT2D eigenvalue weighted by molar-refractivity contribution is 0.122. The number of hydrogen-bond donors (Lipinski definition) is 1. The molecule has 1 aromatic carbocycles. The molecular weight excluding hydrogens is 447 g/mol. The van der Waals surface area contributed by atoms with E-state index in [9.17, 15) is 4.79 Å². The van der Waals surface area contributed by atoms with Gasteiger partial charge in [-0.05, 0) is 48.4 Å². The van der Waals surface area contributed by atoms with E-state index >= 15 is 0 Å². The van der Waals surface area contributed by atoms with Gasteiger partial charge in [-0.25, -0.2) is 4.98 Å². The summed E-state index contributed by atoms with van der Waals surface area (Å²) in [7, 11) is 0. The molecule has 1 unspecified atom stereocenters. The molecule has 164 valence electrons. The van der Waals surface area contributed by atoms with E-state index in [1.165, 1.54) is 0 Å². The second kappa shape index (κ2) is 8.62. The lowest BCUT2D eigenvalue weighted by Gasteiger charge is -2.28. The van der Waals surface area contributed by atoms with Gasteiger partial charge in [-0.1, -0.05) is 23.2 Å². The van der Waals surface area contributed by atoms with Crippen molar-refractivity contribution in [1.29, 1.82) is 0 Å². The molecule has 0 aliphatic carbocycles. The summed E-state index contributed by atoms with van der Waals surface area (Å²) >= 11 is 12.3. The van der Waals surface area contributed by atoms with E-state index in [1.807, 2.05) is 43.7 Å². The Bertz CT molecular complexity index is 1320. The van der Waals surface area contributed by atoms with Crippen molar-refractivity contribution in [3.63, 3.8) is 0 Å². The number of morpholine rings is 1. The molecule has 1 aliphatic heterocycles. The summed E-state index contributed by atoms with van der Waals surface area (Å²) < 4.78 is 7.13. The number of fused-ring (bicyclic) bond motifs is 1. The Morgan fingerprint density at radius 3 is 2.56 bits per heavy atom. The lowest BCUT2D eigenvalue weighted by atomic mass is 10.1. The van der Waals surface area contributed by atoms with E-state index in [1.54, 1.807) is 16.7 Å².